The van der Waals surface area contributed by atoms with Gasteiger partial charge in [0.1, 0.15) is 0 Å². The Morgan fingerprint density at radius 2 is 2.20 bits per heavy atom. The summed E-state index contributed by atoms with van der Waals surface area (Å²) in [4.78, 5) is 11.8. The summed E-state index contributed by atoms with van der Waals surface area (Å²) in [5.74, 6) is 0. The van der Waals surface area contributed by atoms with Crippen molar-refractivity contribution in [1.29, 1.82) is 0 Å². The molecule has 0 heterocycles. The molecule has 0 saturated carbocycles. The number of ether oxygens (including phenoxy) is 1. The first-order valence-electron chi connectivity index (χ1n) is 6.88. The zero-order valence-electron chi connectivity index (χ0n) is 12.4. The van der Waals surface area contributed by atoms with Crippen LogP contribution in [0.3, 0.4) is 0 Å². The summed E-state index contributed by atoms with van der Waals surface area (Å²) < 4.78 is 4.82. The fourth-order valence-corrected chi connectivity index (χ4v) is 1.99. The van der Waals surface area contributed by atoms with Crippen LogP contribution in [0, 0.1) is 6.92 Å². The van der Waals surface area contributed by atoms with Crippen LogP contribution in [0.1, 0.15) is 24.5 Å². The number of aliphatic hydroxyl groups is 1. The van der Waals surface area contributed by atoms with E-state index in [0.717, 1.165) is 23.2 Å². The number of aryl methyl sites for hydroxylation is 2. The summed E-state index contributed by atoms with van der Waals surface area (Å²) in [6.07, 6.45) is 0.782. The normalized spacial score (nSPS) is 12.0. The topological polar surface area (TPSA) is 70.6 Å². The molecule has 1 aromatic rings. The molecule has 1 unspecified atom stereocenters. The average molecular weight is 280 g/mol. The van der Waals surface area contributed by atoms with Crippen molar-refractivity contribution in [3.05, 3.63) is 29.3 Å². The van der Waals surface area contributed by atoms with Crippen LogP contribution in [0.4, 0.5) is 10.5 Å². The number of methoxy groups -OCH3 is 1. The summed E-state index contributed by atoms with van der Waals surface area (Å²) in [5.41, 5.74) is 3.02. The lowest BCUT2D eigenvalue weighted by Crippen LogP contribution is -2.32. The van der Waals surface area contributed by atoms with Crippen molar-refractivity contribution in [2.45, 2.75) is 32.8 Å². The summed E-state index contributed by atoms with van der Waals surface area (Å²) in [5, 5.41) is 15.1. The molecular formula is C15H24N2O3. The third kappa shape index (κ3) is 5.19. The predicted molar refractivity (Wildman–Crippen MR) is 80.1 cm³/mol. The van der Waals surface area contributed by atoms with E-state index in [-0.39, 0.29) is 12.6 Å². The van der Waals surface area contributed by atoms with Gasteiger partial charge in [0, 0.05) is 19.3 Å². The Balaban J connectivity index is 2.47. The van der Waals surface area contributed by atoms with E-state index in [1.165, 1.54) is 7.11 Å². The molecule has 0 aliphatic carbocycles. The van der Waals surface area contributed by atoms with Crippen molar-refractivity contribution in [2.24, 2.45) is 0 Å². The molecule has 5 nitrogen and oxygen atoms in total. The first-order chi connectivity index (χ1) is 9.58. The van der Waals surface area contributed by atoms with Crippen LogP contribution >= 0.6 is 0 Å². The molecule has 0 bridgehead atoms. The third-order valence-corrected chi connectivity index (χ3v) is 3.10. The summed E-state index contributed by atoms with van der Waals surface area (Å²) in [6, 6.07) is 5.71. The van der Waals surface area contributed by atoms with Gasteiger partial charge in [-0.2, -0.15) is 0 Å². The Bertz CT molecular complexity index is 435. The number of aliphatic hydroxyl groups excluding tert-OH is 1. The van der Waals surface area contributed by atoms with Crippen molar-refractivity contribution in [3.63, 3.8) is 0 Å². The molecule has 20 heavy (non-hydrogen) atoms. The summed E-state index contributed by atoms with van der Waals surface area (Å²) in [6.45, 7) is 4.71. The maximum absolute atomic E-state index is 11.8. The van der Waals surface area contributed by atoms with Gasteiger partial charge in [0.25, 0.3) is 0 Å². The van der Waals surface area contributed by atoms with Gasteiger partial charge in [0.15, 0.2) is 0 Å². The van der Waals surface area contributed by atoms with Gasteiger partial charge < -0.3 is 20.5 Å². The summed E-state index contributed by atoms with van der Waals surface area (Å²) >= 11 is 0. The maximum atomic E-state index is 11.8. The van der Waals surface area contributed by atoms with Crippen LogP contribution < -0.4 is 10.6 Å². The molecule has 0 aromatic heterocycles. The van der Waals surface area contributed by atoms with Crippen LogP contribution in [0.15, 0.2) is 18.2 Å². The first kappa shape index (κ1) is 16.5. The second kappa shape index (κ2) is 8.55. The van der Waals surface area contributed by atoms with Gasteiger partial charge in [-0.3, -0.25) is 0 Å². The number of hydrogen-bond acceptors (Lipinski definition) is 3. The van der Waals surface area contributed by atoms with E-state index in [0.29, 0.717) is 13.0 Å². The van der Waals surface area contributed by atoms with Crippen molar-refractivity contribution in [1.82, 2.24) is 5.32 Å². The van der Waals surface area contributed by atoms with Crippen LogP contribution in [-0.2, 0) is 11.2 Å². The lowest BCUT2D eigenvalue weighted by Gasteiger charge is -2.14. The third-order valence-electron chi connectivity index (χ3n) is 3.10. The highest BCUT2D eigenvalue weighted by Crippen LogP contribution is 2.20. The van der Waals surface area contributed by atoms with E-state index in [2.05, 4.69) is 17.6 Å². The number of para-hydroxylation sites is 1. The highest BCUT2D eigenvalue weighted by atomic mass is 16.5. The maximum Gasteiger partial charge on any atom is 0.319 e. The zero-order valence-corrected chi connectivity index (χ0v) is 12.4. The number of carbonyl (C=O) groups is 1. The van der Waals surface area contributed by atoms with Gasteiger partial charge in [-0.25, -0.2) is 4.79 Å². The molecule has 1 aromatic carbocycles. The number of amides is 2. The molecule has 1 rings (SSSR count). The van der Waals surface area contributed by atoms with Gasteiger partial charge in [-0.05, 0) is 30.9 Å². The van der Waals surface area contributed by atoms with Crippen LogP contribution in [-0.4, -0.2) is 37.5 Å². The van der Waals surface area contributed by atoms with E-state index >= 15 is 0 Å². The van der Waals surface area contributed by atoms with Gasteiger partial charge >= 0.3 is 6.03 Å². The van der Waals surface area contributed by atoms with Crippen molar-refractivity contribution in [2.75, 3.05) is 25.6 Å². The fourth-order valence-electron chi connectivity index (χ4n) is 1.99. The highest BCUT2D eigenvalue weighted by Gasteiger charge is 2.09. The Morgan fingerprint density at radius 1 is 1.45 bits per heavy atom. The van der Waals surface area contributed by atoms with E-state index in [1.54, 1.807) is 0 Å². The molecule has 112 valence electrons. The Labute approximate surface area is 120 Å². The molecule has 0 aliphatic heterocycles. The number of hydrogen-bond donors (Lipinski definition) is 3. The Hall–Kier alpha value is -1.59. The standard InChI is InChI=1S/C15H24N2O3/c1-4-12-7-5-6-11(2)14(12)17-15(19)16-9-8-13(18)10-20-3/h5-7,13,18H,4,8-10H2,1-3H3,(H2,16,17,19). The molecule has 0 aliphatic rings. The van der Waals surface area contributed by atoms with Gasteiger partial charge in [-0.1, -0.05) is 25.1 Å². The van der Waals surface area contributed by atoms with Gasteiger partial charge in [0.05, 0.1) is 12.7 Å². The quantitative estimate of drug-likeness (QED) is 0.716. The van der Waals surface area contributed by atoms with E-state index < -0.39 is 6.10 Å². The van der Waals surface area contributed by atoms with Gasteiger partial charge in [0.2, 0.25) is 0 Å². The number of rotatable bonds is 7. The molecule has 0 radical (unpaired) electrons. The lowest BCUT2D eigenvalue weighted by atomic mass is 10.1. The van der Waals surface area contributed by atoms with E-state index in [9.17, 15) is 9.90 Å². The minimum Gasteiger partial charge on any atom is -0.391 e. The van der Waals surface area contributed by atoms with Crippen LogP contribution in [0.2, 0.25) is 0 Å². The van der Waals surface area contributed by atoms with Crippen LogP contribution in [0.25, 0.3) is 0 Å². The Morgan fingerprint density at radius 3 is 2.85 bits per heavy atom. The minimum absolute atomic E-state index is 0.251. The molecule has 3 N–H and O–H groups in total. The van der Waals surface area contributed by atoms with Gasteiger partial charge in [-0.15, -0.1) is 0 Å². The first-order valence-corrected chi connectivity index (χ1v) is 6.88. The number of nitrogens with one attached hydrogen (secondary N) is 2. The molecule has 2 amide bonds. The highest BCUT2D eigenvalue weighted by molar-refractivity contribution is 5.91. The molecule has 1 atom stereocenters. The molecule has 5 heteroatoms. The van der Waals surface area contributed by atoms with Crippen molar-refractivity contribution < 1.29 is 14.6 Å². The lowest BCUT2D eigenvalue weighted by molar-refractivity contribution is 0.0599. The number of benzene rings is 1. The second-order valence-electron chi connectivity index (χ2n) is 4.74. The van der Waals surface area contributed by atoms with Crippen molar-refractivity contribution in [3.8, 4) is 0 Å². The molecule has 0 fully saturated rings. The molecule has 0 spiro atoms. The van der Waals surface area contributed by atoms with E-state index in [1.807, 2.05) is 25.1 Å². The fraction of sp³-hybridized carbons (Fsp3) is 0.533. The Kier molecular flexibility index (Phi) is 7.04. The second-order valence-corrected chi connectivity index (χ2v) is 4.74. The largest absolute Gasteiger partial charge is 0.391 e. The zero-order chi connectivity index (χ0) is 15.0. The predicted octanol–water partition coefficient (Wildman–Crippen LogP) is 2.08. The minimum atomic E-state index is -0.551. The number of urea groups is 1. The smallest absolute Gasteiger partial charge is 0.319 e. The molecular weight excluding hydrogens is 256 g/mol. The number of carbonyl (C=O) groups excluding carboxylic acids is 1. The molecule has 0 saturated heterocycles. The number of anilines is 1. The SMILES string of the molecule is CCc1cccc(C)c1NC(=O)NCCC(O)COC. The van der Waals surface area contributed by atoms with Crippen LogP contribution in [0.5, 0.6) is 0 Å². The monoisotopic (exact) mass is 280 g/mol. The summed E-state index contributed by atoms with van der Waals surface area (Å²) in [7, 11) is 1.54. The van der Waals surface area contributed by atoms with E-state index in [4.69, 9.17) is 4.74 Å². The average Bonchev–Trinajstić information content (AvgIpc) is 2.41. The van der Waals surface area contributed by atoms with Crippen molar-refractivity contribution >= 4 is 11.7 Å².